The van der Waals surface area contributed by atoms with Crippen LogP contribution < -0.4 is 19.8 Å². The van der Waals surface area contributed by atoms with Crippen LogP contribution in [0.15, 0.2) is 97.6 Å². The second-order valence-electron chi connectivity index (χ2n) is 11.0. The highest BCUT2D eigenvalue weighted by molar-refractivity contribution is 6.04. The van der Waals surface area contributed by atoms with Gasteiger partial charge in [0.25, 0.3) is 23.2 Å². The van der Waals surface area contributed by atoms with E-state index in [-0.39, 0.29) is 23.2 Å². The summed E-state index contributed by atoms with van der Waals surface area (Å²) in [5.41, 5.74) is 2.00. The molecule has 4 rings (SSSR count). The quantitative estimate of drug-likeness (QED) is 0.0598. The summed E-state index contributed by atoms with van der Waals surface area (Å²) >= 11 is 0. The summed E-state index contributed by atoms with van der Waals surface area (Å²) in [6, 6.07) is 18.6. The van der Waals surface area contributed by atoms with Gasteiger partial charge in [-0.15, -0.1) is 0 Å². The predicted molar refractivity (Wildman–Crippen MR) is 172 cm³/mol. The third-order valence-electron chi connectivity index (χ3n) is 7.56. The van der Waals surface area contributed by atoms with Gasteiger partial charge >= 0.3 is 0 Å². The number of carbonyl (C=O) groups excluding carboxylic acids is 2. The number of aromatic nitrogens is 2. The van der Waals surface area contributed by atoms with Crippen LogP contribution in [-0.4, -0.2) is 21.7 Å². The third-order valence-corrected chi connectivity index (χ3v) is 7.56. The molecule has 0 aliphatic heterocycles. The molecule has 12 nitrogen and oxygen atoms in total. The van der Waals surface area contributed by atoms with E-state index in [0.717, 1.165) is 38.8 Å². The number of nitro groups is 2. The summed E-state index contributed by atoms with van der Waals surface area (Å²) in [5.74, 6) is -0.527. The smallest absolute Gasteiger partial charge is 0.269 e. The second kappa shape index (κ2) is 17.1. The van der Waals surface area contributed by atoms with Crippen molar-refractivity contribution in [3.05, 3.63) is 129 Å². The highest BCUT2D eigenvalue weighted by Gasteiger charge is 2.12. The van der Waals surface area contributed by atoms with Gasteiger partial charge in [-0.25, -0.2) is 9.13 Å². The van der Waals surface area contributed by atoms with E-state index in [0.29, 0.717) is 22.5 Å². The number of non-ortho nitro benzene ring substituents is 2. The Morgan fingerprint density at radius 1 is 0.500 bits per heavy atom. The number of amides is 2. The Morgan fingerprint density at radius 2 is 0.804 bits per heavy atom. The van der Waals surface area contributed by atoms with Gasteiger partial charge in [-0.1, -0.05) is 25.7 Å². The molecule has 0 radical (unpaired) electrons. The van der Waals surface area contributed by atoms with E-state index in [2.05, 4.69) is 19.8 Å². The zero-order chi connectivity index (χ0) is 32.7. The van der Waals surface area contributed by atoms with Gasteiger partial charge in [-0.3, -0.25) is 29.8 Å². The molecule has 0 unspecified atom stereocenters. The Morgan fingerprint density at radius 3 is 1.11 bits per heavy atom. The molecule has 0 saturated carbocycles. The monoisotopic (exact) mass is 626 g/mol. The van der Waals surface area contributed by atoms with Gasteiger partial charge in [-0.05, 0) is 37.1 Å². The highest BCUT2D eigenvalue weighted by Crippen LogP contribution is 2.17. The van der Waals surface area contributed by atoms with Crippen LogP contribution in [0.2, 0.25) is 0 Å². The Labute approximate surface area is 267 Å². The van der Waals surface area contributed by atoms with Crippen molar-refractivity contribution < 1.29 is 28.6 Å². The molecule has 0 aliphatic rings. The van der Waals surface area contributed by atoms with Gasteiger partial charge in [0.2, 0.25) is 0 Å². The number of aryl methyl sites for hydroxylation is 2. The van der Waals surface area contributed by atoms with Crippen molar-refractivity contribution in [1.82, 2.24) is 0 Å². The summed E-state index contributed by atoms with van der Waals surface area (Å²) in [4.78, 5) is 45.5. The Bertz CT molecular complexity index is 1490. The predicted octanol–water partition coefficient (Wildman–Crippen LogP) is 6.40. The summed E-state index contributed by atoms with van der Waals surface area (Å²) in [5, 5.41) is 27.0. The first-order valence-corrected chi connectivity index (χ1v) is 15.4. The van der Waals surface area contributed by atoms with Gasteiger partial charge in [0.1, 0.15) is 13.1 Å². The maximum atomic E-state index is 12.5. The van der Waals surface area contributed by atoms with Crippen LogP contribution in [0.5, 0.6) is 0 Å². The van der Waals surface area contributed by atoms with Gasteiger partial charge in [0.15, 0.2) is 24.8 Å². The summed E-state index contributed by atoms with van der Waals surface area (Å²) in [7, 11) is 0. The Balaban J connectivity index is 1.03. The normalized spacial score (nSPS) is 10.7. The first-order chi connectivity index (χ1) is 22.3. The molecule has 2 aromatic carbocycles. The average Bonchev–Trinajstić information content (AvgIpc) is 3.06. The first kappa shape index (κ1) is 33.4. The van der Waals surface area contributed by atoms with Crippen LogP contribution in [0.25, 0.3) is 0 Å². The maximum absolute atomic E-state index is 12.5. The third kappa shape index (κ3) is 10.6. The van der Waals surface area contributed by atoms with Crippen molar-refractivity contribution in [2.45, 2.75) is 64.5 Å². The van der Waals surface area contributed by atoms with Crippen molar-refractivity contribution in [2.75, 3.05) is 10.6 Å². The summed E-state index contributed by atoms with van der Waals surface area (Å²) in [6.07, 6.45) is 16.8. The molecule has 2 heterocycles. The standard InChI is InChI=1S/C34H36N6O6/c41-33(35-29-9-13-31(14-10-29)39(43)44)27-17-23-37(24-18-27)21-7-5-3-1-2-4-6-8-22-38-25-19-28(20-26-38)34(42)36-30-11-15-32(16-12-30)40(45)46/h9-20,23-26H,1-8,21-22H2/p+2. The largest absolute Gasteiger partial charge is 0.322 e. The number of carbonyl (C=O) groups is 2. The highest BCUT2D eigenvalue weighted by atomic mass is 16.6. The van der Waals surface area contributed by atoms with Crippen molar-refractivity contribution in [2.24, 2.45) is 0 Å². The fourth-order valence-electron chi connectivity index (χ4n) is 4.90. The molecule has 2 amide bonds. The van der Waals surface area contributed by atoms with Gasteiger partial charge in [-0.2, -0.15) is 0 Å². The second-order valence-corrected chi connectivity index (χ2v) is 11.0. The lowest BCUT2D eigenvalue weighted by Gasteiger charge is -2.05. The number of benzene rings is 2. The summed E-state index contributed by atoms with van der Waals surface area (Å²) < 4.78 is 4.14. The number of hydrogen-bond donors (Lipinski definition) is 2. The number of nitrogens with one attached hydrogen (secondary N) is 2. The van der Waals surface area contributed by atoms with E-state index in [4.69, 9.17) is 0 Å². The molecule has 0 fully saturated rings. The van der Waals surface area contributed by atoms with E-state index in [1.165, 1.54) is 74.2 Å². The van der Waals surface area contributed by atoms with Crippen LogP contribution in [0.3, 0.4) is 0 Å². The average molecular weight is 627 g/mol. The van der Waals surface area contributed by atoms with Crippen LogP contribution in [0, 0.1) is 20.2 Å². The molecule has 0 spiro atoms. The minimum atomic E-state index is -0.478. The molecule has 0 saturated heterocycles. The number of anilines is 2. The van der Waals surface area contributed by atoms with Gasteiger partial charge in [0, 0.05) is 72.7 Å². The Hall–Kier alpha value is -5.52. The number of hydrogen-bond acceptors (Lipinski definition) is 6. The van der Waals surface area contributed by atoms with Crippen LogP contribution in [-0.2, 0) is 13.1 Å². The molecule has 12 heteroatoms. The minimum absolute atomic E-state index is 0.0239. The number of rotatable bonds is 17. The Kier molecular flexibility index (Phi) is 12.4. The molecule has 2 N–H and O–H groups in total. The SMILES string of the molecule is O=C(Nc1ccc([N+](=O)[O-])cc1)c1cc[n+](CCCCCCCCCC[n+]2ccc(C(=O)Nc3ccc([N+](=O)[O-])cc3)cc2)cc1. The minimum Gasteiger partial charge on any atom is -0.322 e. The molecule has 0 bridgehead atoms. The van der Waals surface area contributed by atoms with Crippen molar-refractivity contribution >= 4 is 34.6 Å². The van der Waals surface area contributed by atoms with Crippen LogP contribution in [0.1, 0.15) is 72.1 Å². The fourth-order valence-corrected chi connectivity index (χ4v) is 4.90. The number of nitrogens with zero attached hydrogens (tertiary/aromatic N) is 4. The van der Waals surface area contributed by atoms with E-state index in [1.54, 1.807) is 24.3 Å². The molecule has 0 atom stereocenters. The molecular formula is C34H38N6O6+2. The first-order valence-electron chi connectivity index (χ1n) is 15.4. The number of unbranched alkanes of at least 4 members (excludes halogenated alkanes) is 7. The lowest BCUT2D eigenvalue weighted by molar-refractivity contribution is -0.697. The molecule has 0 aliphatic carbocycles. The molecule has 238 valence electrons. The molecular weight excluding hydrogens is 588 g/mol. The van der Waals surface area contributed by atoms with Crippen molar-refractivity contribution in [3.8, 4) is 0 Å². The lowest BCUT2D eigenvalue weighted by Crippen LogP contribution is -2.33. The van der Waals surface area contributed by atoms with Gasteiger partial charge in [0.05, 0.1) is 21.0 Å². The maximum Gasteiger partial charge on any atom is 0.269 e. The van der Waals surface area contributed by atoms with E-state index < -0.39 is 9.85 Å². The number of nitro benzene ring substituents is 2. The topological polar surface area (TPSA) is 152 Å². The number of pyridine rings is 2. The van der Waals surface area contributed by atoms with Crippen molar-refractivity contribution in [3.63, 3.8) is 0 Å². The van der Waals surface area contributed by atoms with Crippen LogP contribution >= 0.6 is 0 Å². The molecule has 46 heavy (non-hydrogen) atoms. The van der Waals surface area contributed by atoms with Crippen molar-refractivity contribution in [1.29, 1.82) is 0 Å². The van der Waals surface area contributed by atoms with Crippen LogP contribution in [0.4, 0.5) is 22.7 Å². The lowest BCUT2D eigenvalue weighted by atomic mass is 10.1. The molecule has 4 aromatic rings. The summed E-state index contributed by atoms with van der Waals surface area (Å²) in [6.45, 7) is 1.78. The fraction of sp³-hybridized carbons (Fsp3) is 0.294. The van der Waals surface area contributed by atoms with Gasteiger partial charge < -0.3 is 10.6 Å². The zero-order valence-corrected chi connectivity index (χ0v) is 25.5. The molecule has 2 aromatic heterocycles. The van der Waals surface area contributed by atoms with E-state index >= 15 is 0 Å². The van der Waals surface area contributed by atoms with E-state index in [1.807, 2.05) is 24.8 Å². The van der Waals surface area contributed by atoms with E-state index in [9.17, 15) is 29.8 Å². The zero-order valence-electron chi connectivity index (χ0n) is 25.5.